The summed E-state index contributed by atoms with van der Waals surface area (Å²) in [5.41, 5.74) is 1.26. The predicted molar refractivity (Wildman–Crippen MR) is 112 cm³/mol. The molecule has 4 heteroatoms. The highest BCUT2D eigenvalue weighted by atomic mass is 16.6. The third-order valence-corrected chi connectivity index (χ3v) is 5.50. The van der Waals surface area contributed by atoms with Gasteiger partial charge in [-0.3, -0.25) is 0 Å². The van der Waals surface area contributed by atoms with E-state index in [2.05, 4.69) is 19.1 Å². The molecule has 2 saturated heterocycles. The summed E-state index contributed by atoms with van der Waals surface area (Å²) in [5, 5.41) is 0. The van der Waals surface area contributed by atoms with E-state index in [1.165, 1.54) is 69.8 Å². The number of rotatable bonds is 17. The van der Waals surface area contributed by atoms with Gasteiger partial charge in [0.1, 0.15) is 36.9 Å². The zero-order chi connectivity index (χ0) is 19.4. The minimum absolute atomic E-state index is 0.285. The summed E-state index contributed by atoms with van der Waals surface area (Å²) < 4.78 is 22.3. The maximum absolute atomic E-state index is 5.99. The van der Waals surface area contributed by atoms with E-state index >= 15 is 0 Å². The highest BCUT2D eigenvalue weighted by molar-refractivity contribution is 5.40. The van der Waals surface area contributed by atoms with Gasteiger partial charge in [-0.15, -0.1) is 0 Å². The first-order valence-corrected chi connectivity index (χ1v) is 11.5. The van der Waals surface area contributed by atoms with Crippen molar-refractivity contribution < 1.29 is 18.9 Å². The van der Waals surface area contributed by atoms with Gasteiger partial charge in [-0.05, 0) is 36.6 Å². The molecule has 2 aliphatic heterocycles. The summed E-state index contributed by atoms with van der Waals surface area (Å²) >= 11 is 0. The molecular weight excluding hydrogens is 352 g/mol. The minimum atomic E-state index is 0.285. The number of hydrogen-bond acceptors (Lipinski definition) is 4. The number of ether oxygens (including phenoxy) is 4. The Kier molecular flexibility index (Phi) is 9.45. The van der Waals surface area contributed by atoms with E-state index in [9.17, 15) is 0 Å². The number of hydrogen-bond donors (Lipinski definition) is 0. The Bertz CT molecular complexity index is 552. The van der Waals surface area contributed by atoms with Crippen LogP contribution in [0.3, 0.4) is 0 Å². The van der Waals surface area contributed by atoms with Gasteiger partial charge in [0.05, 0.1) is 13.2 Å². The highest BCUT2D eigenvalue weighted by Crippen LogP contribution is 2.28. The Morgan fingerprint density at radius 2 is 1.36 bits per heavy atom. The lowest BCUT2D eigenvalue weighted by atomic mass is 10.0. The number of aryl methyl sites for hydroxylation is 1. The molecule has 2 aliphatic rings. The monoisotopic (exact) mass is 390 g/mol. The minimum Gasteiger partial charge on any atom is -0.491 e. The van der Waals surface area contributed by atoms with E-state index in [4.69, 9.17) is 18.9 Å². The number of unbranched alkanes of at least 4 members (excludes halogenated alkanes) is 9. The average Bonchev–Trinajstić information content (AvgIpc) is 3.62. The molecule has 0 radical (unpaired) electrons. The first-order valence-electron chi connectivity index (χ1n) is 11.5. The fourth-order valence-corrected chi connectivity index (χ4v) is 3.49. The van der Waals surface area contributed by atoms with Crippen molar-refractivity contribution in [2.24, 2.45) is 0 Å². The Labute approximate surface area is 170 Å². The summed E-state index contributed by atoms with van der Waals surface area (Å²) in [5.74, 6) is 1.91. The molecule has 2 atom stereocenters. The molecule has 0 bridgehead atoms. The van der Waals surface area contributed by atoms with Crippen LogP contribution >= 0.6 is 0 Å². The van der Waals surface area contributed by atoms with Crippen molar-refractivity contribution in [1.82, 2.24) is 0 Å². The summed E-state index contributed by atoms with van der Waals surface area (Å²) in [6, 6.07) is 6.21. The van der Waals surface area contributed by atoms with Crippen LogP contribution in [0.1, 0.15) is 76.7 Å². The molecule has 0 aliphatic carbocycles. The van der Waals surface area contributed by atoms with Gasteiger partial charge < -0.3 is 18.9 Å². The van der Waals surface area contributed by atoms with Gasteiger partial charge in [-0.2, -0.15) is 0 Å². The fraction of sp³-hybridized carbons (Fsp3) is 0.750. The molecule has 0 amide bonds. The summed E-state index contributed by atoms with van der Waals surface area (Å²) in [4.78, 5) is 0. The van der Waals surface area contributed by atoms with Crippen LogP contribution in [0.15, 0.2) is 18.2 Å². The summed E-state index contributed by atoms with van der Waals surface area (Å²) in [6.07, 6.45) is 15.2. The first-order chi connectivity index (χ1) is 13.8. The van der Waals surface area contributed by atoms with Crippen LogP contribution in [0.4, 0.5) is 0 Å². The van der Waals surface area contributed by atoms with Gasteiger partial charge in [-0.25, -0.2) is 0 Å². The normalized spacial score (nSPS) is 20.2. The highest BCUT2D eigenvalue weighted by Gasteiger charge is 2.24. The molecule has 0 spiro atoms. The van der Waals surface area contributed by atoms with Crippen molar-refractivity contribution >= 4 is 0 Å². The lowest BCUT2D eigenvalue weighted by Crippen LogP contribution is -2.07. The largest absolute Gasteiger partial charge is 0.491 e. The molecule has 158 valence electrons. The van der Waals surface area contributed by atoms with Crippen LogP contribution in [-0.4, -0.2) is 38.6 Å². The van der Waals surface area contributed by atoms with Crippen LogP contribution < -0.4 is 9.47 Å². The Morgan fingerprint density at radius 3 is 1.96 bits per heavy atom. The molecule has 1 aromatic rings. The van der Waals surface area contributed by atoms with Crippen LogP contribution in [0.5, 0.6) is 11.5 Å². The number of epoxide rings is 2. The van der Waals surface area contributed by atoms with Crippen molar-refractivity contribution in [3.8, 4) is 11.5 Å². The third-order valence-electron chi connectivity index (χ3n) is 5.50. The molecule has 0 N–H and O–H groups in total. The molecule has 2 heterocycles. The Hall–Kier alpha value is -1.26. The second-order valence-electron chi connectivity index (χ2n) is 8.23. The van der Waals surface area contributed by atoms with E-state index in [1.54, 1.807) is 0 Å². The van der Waals surface area contributed by atoms with E-state index in [1.807, 2.05) is 6.07 Å². The van der Waals surface area contributed by atoms with Crippen molar-refractivity contribution in [3.63, 3.8) is 0 Å². The predicted octanol–water partition coefficient (Wildman–Crippen LogP) is 5.71. The lowest BCUT2D eigenvalue weighted by Gasteiger charge is -2.13. The molecule has 2 unspecified atom stereocenters. The van der Waals surface area contributed by atoms with E-state index in [-0.39, 0.29) is 12.2 Å². The van der Waals surface area contributed by atoms with Crippen molar-refractivity contribution in [2.45, 2.75) is 89.8 Å². The van der Waals surface area contributed by atoms with Crippen molar-refractivity contribution in [2.75, 3.05) is 26.4 Å². The molecule has 4 nitrogen and oxygen atoms in total. The molecule has 0 aromatic heterocycles. The zero-order valence-electron chi connectivity index (χ0n) is 17.6. The SMILES string of the molecule is CCCCCCCCCCCCc1cc(OCC2CO2)ccc1OCC1CO1. The number of benzene rings is 1. The Morgan fingerprint density at radius 1 is 0.786 bits per heavy atom. The molecule has 3 rings (SSSR count). The van der Waals surface area contributed by atoms with Gasteiger partial charge in [-0.1, -0.05) is 64.7 Å². The van der Waals surface area contributed by atoms with Crippen LogP contribution in [0.25, 0.3) is 0 Å². The van der Waals surface area contributed by atoms with Gasteiger partial charge >= 0.3 is 0 Å². The summed E-state index contributed by atoms with van der Waals surface area (Å²) in [7, 11) is 0. The second kappa shape index (κ2) is 12.3. The van der Waals surface area contributed by atoms with E-state index < -0.39 is 0 Å². The van der Waals surface area contributed by atoms with Gasteiger partial charge in [0.15, 0.2) is 0 Å². The van der Waals surface area contributed by atoms with Gasteiger partial charge in [0, 0.05) is 0 Å². The van der Waals surface area contributed by atoms with Crippen molar-refractivity contribution in [3.05, 3.63) is 23.8 Å². The van der Waals surface area contributed by atoms with Crippen LogP contribution in [-0.2, 0) is 15.9 Å². The third kappa shape index (κ3) is 8.83. The molecular formula is C24H38O4. The average molecular weight is 391 g/mol. The summed E-state index contributed by atoms with van der Waals surface area (Å²) in [6.45, 7) is 5.24. The molecule has 28 heavy (non-hydrogen) atoms. The Balaban J connectivity index is 1.35. The molecule has 2 fully saturated rings. The maximum Gasteiger partial charge on any atom is 0.122 e. The van der Waals surface area contributed by atoms with Crippen molar-refractivity contribution in [1.29, 1.82) is 0 Å². The molecule has 0 saturated carbocycles. The van der Waals surface area contributed by atoms with E-state index in [0.717, 1.165) is 31.1 Å². The quantitative estimate of drug-likeness (QED) is 0.253. The topological polar surface area (TPSA) is 43.5 Å². The van der Waals surface area contributed by atoms with E-state index in [0.29, 0.717) is 13.2 Å². The second-order valence-corrected chi connectivity index (χ2v) is 8.23. The standard InChI is InChI=1S/C24H38O4/c1-2-3-4-5-6-7-8-9-10-11-12-20-15-21(25-16-22-17-26-22)13-14-24(20)28-19-23-18-27-23/h13-15,22-23H,2-12,16-19H2,1H3. The molecule has 1 aromatic carbocycles. The zero-order valence-corrected chi connectivity index (χ0v) is 17.6. The lowest BCUT2D eigenvalue weighted by molar-refractivity contribution is 0.255. The van der Waals surface area contributed by atoms with Crippen LogP contribution in [0.2, 0.25) is 0 Å². The van der Waals surface area contributed by atoms with Crippen LogP contribution in [0, 0.1) is 0 Å². The first kappa shape index (κ1) is 21.4. The smallest absolute Gasteiger partial charge is 0.122 e. The van der Waals surface area contributed by atoms with Gasteiger partial charge in [0.25, 0.3) is 0 Å². The maximum atomic E-state index is 5.99. The van der Waals surface area contributed by atoms with Gasteiger partial charge in [0.2, 0.25) is 0 Å². The fourth-order valence-electron chi connectivity index (χ4n) is 3.49.